The average molecular weight is 246 g/mol. The van der Waals surface area contributed by atoms with Crippen molar-refractivity contribution in [3.05, 3.63) is 35.9 Å². The van der Waals surface area contributed by atoms with Crippen LogP contribution in [0.2, 0.25) is 0 Å². The van der Waals surface area contributed by atoms with E-state index in [0.29, 0.717) is 6.42 Å². The first-order valence-electron chi connectivity index (χ1n) is 6.86. The van der Waals surface area contributed by atoms with Crippen molar-refractivity contribution >= 4 is 5.91 Å². The summed E-state index contributed by atoms with van der Waals surface area (Å²) < 4.78 is 0. The van der Waals surface area contributed by atoms with Crippen LogP contribution in [-0.2, 0) is 4.79 Å². The molecule has 0 radical (unpaired) electrons. The van der Waals surface area contributed by atoms with E-state index in [1.807, 2.05) is 25.1 Å². The molecule has 1 heterocycles. The minimum absolute atomic E-state index is 0.122. The highest BCUT2D eigenvalue weighted by Gasteiger charge is 2.19. The summed E-state index contributed by atoms with van der Waals surface area (Å²) >= 11 is 0. The zero-order valence-corrected chi connectivity index (χ0v) is 11.1. The molecule has 0 aromatic heterocycles. The van der Waals surface area contributed by atoms with Gasteiger partial charge in [0.25, 0.3) is 0 Å². The van der Waals surface area contributed by atoms with Crippen molar-refractivity contribution < 1.29 is 4.79 Å². The molecule has 1 N–H and O–H groups in total. The van der Waals surface area contributed by atoms with Gasteiger partial charge in [-0.15, -0.1) is 0 Å². The summed E-state index contributed by atoms with van der Waals surface area (Å²) in [6, 6.07) is 10.4. The molecular formula is C15H22N2O. The van der Waals surface area contributed by atoms with Crippen molar-refractivity contribution in [1.29, 1.82) is 0 Å². The van der Waals surface area contributed by atoms with E-state index in [1.54, 1.807) is 0 Å². The van der Waals surface area contributed by atoms with Crippen LogP contribution in [0.1, 0.15) is 37.8 Å². The molecular weight excluding hydrogens is 224 g/mol. The number of benzene rings is 1. The fraction of sp³-hybridized carbons (Fsp3) is 0.533. The summed E-state index contributed by atoms with van der Waals surface area (Å²) in [5, 5.41) is 3.13. The second-order valence-corrected chi connectivity index (χ2v) is 4.89. The van der Waals surface area contributed by atoms with Gasteiger partial charge in [-0.3, -0.25) is 4.79 Å². The normalized spacial score (nSPS) is 17.6. The molecule has 0 spiro atoms. The van der Waals surface area contributed by atoms with Crippen LogP contribution in [0.25, 0.3) is 0 Å². The maximum Gasteiger partial charge on any atom is 0.220 e. The highest BCUT2D eigenvalue weighted by atomic mass is 16.1. The Bertz CT molecular complexity index is 371. The molecule has 18 heavy (non-hydrogen) atoms. The largest absolute Gasteiger partial charge is 0.348 e. The molecule has 1 aliphatic rings. The Balaban J connectivity index is 2.04. The van der Waals surface area contributed by atoms with Gasteiger partial charge in [-0.1, -0.05) is 37.3 Å². The average Bonchev–Trinajstić information content (AvgIpc) is 2.92. The second kappa shape index (κ2) is 6.55. The Morgan fingerprint density at radius 1 is 1.28 bits per heavy atom. The number of rotatable bonds is 5. The van der Waals surface area contributed by atoms with Gasteiger partial charge in [0.15, 0.2) is 0 Å². The molecule has 1 atom stereocenters. The van der Waals surface area contributed by atoms with Crippen LogP contribution < -0.4 is 5.32 Å². The predicted molar refractivity (Wildman–Crippen MR) is 73.3 cm³/mol. The number of carbonyl (C=O) groups is 1. The Morgan fingerprint density at radius 3 is 2.56 bits per heavy atom. The summed E-state index contributed by atoms with van der Waals surface area (Å²) in [5.74, 6) is 0.128. The molecule has 0 bridgehead atoms. The molecule has 1 amide bonds. The van der Waals surface area contributed by atoms with Crippen molar-refractivity contribution in [3.63, 3.8) is 0 Å². The first-order chi connectivity index (χ1) is 8.79. The lowest BCUT2D eigenvalue weighted by atomic mass is 10.1. The molecule has 1 aromatic carbocycles. The Hall–Kier alpha value is -1.35. The van der Waals surface area contributed by atoms with Gasteiger partial charge in [-0.05, 0) is 31.5 Å². The van der Waals surface area contributed by atoms with E-state index < -0.39 is 0 Å². The van der Waals surface area contributed by atoms with Crippen molar-refractivity contribution in [2.45, 2.75) is 32.2 Å². The zero-order valence-electron chi connectivity index (χ0n) is 11.1. The number of likely N-dealkylation sites (tertiary alicyclic amines) is 1. The third kappa shape index (κ3) is 3.57. The molecule has 1 fully saturated rings. The number of amides is 1. The van der Waals surface area contributed by atoms with Gasteiger partial charge in [-0.2, -0.15) is 0 Å². The van der Waals surface area contributed by atoms with Crippen LogP contribution in [0.15, 0.2) is 30.3 Å². The first kappa shape index (κ1) is 13.1. The van der Waals surface area contributed by atoms with Gasteiger partial charge in [0.1, 0.15) is 0 Å². The SMILES string of the molecule is CCC(=O)N[C@H](CN1CCCC1)c1ccccc1. The summed E-state index contributed by atoms with van der Waals surface area (Å²) in [6.45, 7) is 5.14. The van der Waals surface area contributed by atoms with Gasteiger partial charge in [0, 0.05) is 13.0 Å². The monoisotopic (exact) mass is 246 g/mol. The smallest absolute Gasteiger partial charge is 0.220 e. The highest BCUT2D eigenvalue weighted by molar-refractivity contribution is 5.76. The van der Waals surface area contributed by atoms with Crippen molar-refractivity contribution in [3.8, 4) is 0 Å². The van der Waals surface area contributed by atoms with E-state index in [-0.39, 0.29) is 11.9 Å². The Labute approximate surface area is 109 Å². The maximum atomic E-state index is 11.6. The molecule has 3 nitrogen and oxygen atoms in total. The summed E-state index contributed by atoms with van der Waals surface area (Å²) in [4.78, 5) is 14.1. The van der Waals surface area contributed by atoms with E-state index in [0.717, 1.165) is 19.6 Å². The molecule has 3 heteroatoms. The molecule has 1 aliphatic heterocycles. The van der Waals surface area contributed by atoms with E-state index in [4.69, 9.17) is 0 Å². The van der Waals surface area contributed by atoms with Crippen LogP contribution in [0.3, 0.4) is 0 Å². The topological polar surface area (TPSA) is 32.3 Å². The Morgan fingerprint density at radius 2 is 1.94 bits per heavy atom. The van der Waals surface area contributed by atoms with Gasteiger partial charge in [0.05, 0.1) is 6.04 Å². The molecule has 0 aliphatic carbocycles. The highest BCUT2D eigenvalue weighted by Crippen LogP contribution is 2.17. The van der Waals surface area contributed by atoms with E-state index in [2.05, 4.69) is 22.3 Å². The third-order valence-electron chi connectivity index (χ3n) is 3.50. The lowest BCUT2D eigenvalue weighted by Gasteiger charge is -2.24. The predicted octanol–water partition coefficient (Wildman–Crippen LogP) is 2.35. The molecule has 0 saturated carbocycles. The molecule has 0 unspecified atom stereocenters. The molecule has 1 saturated heterocycles. The number of carbonyl (C=O) groups excluding carboxylic acids is 1. The fourth-order valence-corrected chi connectivity index (χ4v) is 2.44. The number of nitrogens with zero attached hydrogens (tertiary/aromatic N) is 1. The maximum absolute atomic E-state index is 11.6. The van der Waals surface area contributed by atoms with Crippen LogP contribution in [0.5, 0.6) is 0 Å². The summed E-state index contributed by atoms with van der Waals surface area (Å²) in [5.41, 5.74) is 1.20. The third-order valence-corrected chi connectivity index (χ3v) is 3.50. The van der Waals surface area contributed by atoms with Crippen molar-refractivity contribution in [1.82, 2.24) is 10.2 Å². The minimum Gasteiger partial charge on any atom is -0.348 e. The van der Waals surface area contributed by atoms with Crippen LogP contribution in [0.4, 0.5) is 0 Å². The molecule has 98 valence electrons. The second-order valence-electron chi connectivity index (χ2n) is 4.89. The van der Waals surface area contributed by atoms with Gasteiger partial charge < -0.3 is 10.2 Å². The molecule has 2 rings (SSSR count). The first-order valence-corrected chi connectivity index (χ1v) is 6.86. The van der Waals surface area contributed by atoms with Crippen molar-refractivity contribution in [2.75, 3.05) is 19.6 Å². The standard InChI is InChI=1S/C15H22N2O/c1-2-15(18)16-14(12-17-10-6-7-11-17)13-8-4-3-5-9-13/h3-5,8-9,14H,2,6-7,10-12H2,1H3,(H,16,18)/t14-/m1/s1. The Kier molecular flexibility index (Phi) is 4.76. The van der Waals surface area contributed by atoms with Crippen molar-refractivity contribution in [2.24, 2.45) is 0 Å². The van der Waals surface area contributed by atoms with Crippen LogP contribution in [-0.4, -0.2) is 30.4 Å². The number of hydrogen-bond donors (Lipinski definition) is 1. The lowest BCUT2D eigenvalue weighted by molar-refractivity contribution is -0.121. The van der Waals surface area contributed by atoms with Gasteiger partial charge in [-0.25, -0.2) is 0 Å². The number of hydrogen-bond acceptors (Lipinski definition) is 2. The summed E-state index contributed by atoms with van der Waals surface area (Å²) in [6.07, 6.45) is 3.11. The van der Waals surface area contributed by atoms with Gasteiger partial charge >= 0.3 is 0 Å². The minimum atomic E-state index is 0.122. The number of nitrogens with one attached hydrogen (secondary N) is 1. The van der Waals surface area contributed by atoms with Crippen LogP contribution >= 0.6 is 0 Å². The van der Waals surface area contributed by atoms with Crippen LogP contribution in [0, 0.1) is 0 Å². The lowest BCUT2D eigenvalue weighted by Crippen LogP contribution is -2.36. The molecule has 1 aromatic rings. The fourth-order valence-electron chi connectivity index (χ4n) is 2.44. The van der Waals surface area contributed by atoms with E-state index >= 15 is 0 Å². The summed E-state index contributed by atoms with van der Waals surface area (Å²) in [7, 11) is 0. The van der Waals surface area contributed by atoms with E-state index in [9.17, 15) is 4.79 Å². The van der Waals surface area contributed by atoms with Gasteiger partial charge in [0.2, 0.25) is 5.91 Å². The quantitative estimate of drug-likeness (QED) is 0.865. The zero-order chi connectivity index (χ0) is 12.8. The van der Waals surface area contributed by atoms with E-state index in [1.165, 1.54) is 18.4 Å².